The van der Waals surface area contributed by atoms with Gasteiger partial charge < -0.3 is 4.42 Å². The molecule has 0 amide bonds. The molecule has 0 radical (unpaired) electrons. The number of hydrogen-bond donors (Lipinski definition) is 0. The molecule has 3 nitrogen and oxygen atoms in total. The molecule has 0 N–H and O–H groups in total. The van der Waals surface area contributed by atoms with Crippen molar-refractivity contribution in [2.45, 2.75) is 26.7 Å². The summed E-state index contributed by atoms with van der Waals surface area (Å²) >= 11 is 1.45. The van der Waals surface area contributed by atoms with Crippen LogP contribution >= 0.6 is 11.3 Å². The van der Waals surface area contributed by atoms with Gasteiger partial charge in [0.25, 0.3) is 0 Å². The van der Waals surface area contributed by atoms with Crippen LogP contribution in [0.3, 0.4) is 0 Å². The zero-order chi connectivity index (χ0) is 12.0. The Morgan fingerprint density at radius 1 is 1.41 bits per heavy atom. The van der Waals surface area contributed by atoms with Gasteiger partial charge in [0.2, 0.25) is 0 Å². The van der Waals surface area contributed by atoms with E-state index in [0.717, 1.165) is 27.8 Å². The largest absolute Gasteiger partial charge is 0.462 e. The minimum atomic E-state index is 0.0264. The van der Waals surface area contributed by atoms with Gasteiger partial charge >= 0.3 is 0 Å². The number of furan rings is 1. The number of thiazole rings is 1. The molecule has 0 aliphatic heterocycles. The highest BCUT2D eigenvalue weighted by atomic mass is 32.1. The molecule has 0 atom stereocenters. The van der Waals surface area contributed by atoms with Crippen LogP contribution < -0.4 is 0 Å². The summed E-state index contributed by atoms with van der Waals surface area (Å²) in [6.07, 6.45) is 3.10. The van der Waals surface area contributed by atoms with Gasteiger partial charge in [-0.3, -0.25) is 4.79 Å². The maximum Gasteiger partial charge on any atom is 0.175 e. The number of ketones is 1. The van der Waals surface area contributed by atoms with Crippen molar-refractivity contribution in [3.05, 3.63) is 29.0 Å². The summed E-state index contributed by atoms with van der Waals surface area (Å²) in [6.45, 7) is 4.22. The Kier molecular flexibility index (Phi) is 2.23. The van der Waals surface area contributed by atoms with Gasteiger partial charge in [-0.15, -0.1) is 11.3 Å². The van der Waals surface area contributed by atoms with E-state index in [1.54, 1.807) is 6.26 Å². The average molecular weight is 247 g/mol. The monoisotopic (exact) mass is 247 g/mol. The normalized spacial score (nSPS) is 18.1. The van der Waals surface area contributed by atoms with E-state index in [1.165, 1.54) is 11.3 Å². The smallest absolute Gasteiger partial charge is 0.175 e. The molecule has 3 rings (SSSR count). The molecule has 2 aromatic heterocycles. The highest BCUT2D eigenvalue weighted by molar-refractivity contribution is 7.17. The molecule has 0 aromatic carbocycles. The van der Waals surface area contributed by atoms with E-state index in [1.807, 2.05) is 12.1 Å². The van der Waals surface area contributed by atoms with Crippen molar-refractivity contribution in [1.29, 1.82) is 0 Å². The molecule has 17 heavy (non-hydrogen) atoms. The number of hydrogen-bond acceptors (Lipinski definition) is 4. The van der Waals surface area contributed by atoms with Crippen LogP contribution in [0.1, 0.15) is 35.6 Å². The van der Waals surface area contributed by atoms with E-state index in [-0.39, 0.29) is 11.2 Å². The van der Waals surface area contributed by atoms with E-state index in [0.29, 0.717) is 6.42 Å². The average Bonchev–Trinajstić information content (AvgIpc) is 2.81. The number of rotatable bonds is 1. The van der Waals surface area contributed by atoms with Crippen LogP contribution in [0.25, 0.3) is 10.8 Å². The third kappa shape index (κ3) is 1.82. The van der Waals surface area contributed by atoms with Crippen LogP contribution in [0.4, 0.5) is 0 Å². The maximum absolute atomic E-state index is 12.0. The Morgan fingerprint density at radius 2 is 2.24 bits per heavy atom. The molecule has 2 heterocycles. The fraction of sp³-hybridized carbons (Fsp3) is 0.385. The fourth-order valence-corrected chi connectivity index (χ4v) is 3.21. The molecule has 0 saturated heterocycles. The van der Waals surface area contributed by atoms with Crippen molar-refractivity contribution in [3.8, 4) is 10.8 Å². The molecule has 1 aliphatic rings. The number of aromatic nitrogens is 1. The number of Topliss-reactive ketones (excluding diaryl/α,β-unsaturated/α-hetero) is 1. The minimum absolute atomic E-state index is 0.0264. The molecule has 2 aromatic rings. The molecular weight excluding hydrogens is 234 g/mol. The number of carbonyl (C=O) groups is 1. The third-order valence-corrected chi connectivity index (χ3v) is 4.12. The standard InChI is InChI=1S/C13H13NO2S/c1-13(2)6-8-11(9(15)7-13)17-12(14-8)10-4-3-5-16-10/h3-5H,6-7H2,1-2H3. The lowest BCUT2D eigenvalue weighted by atomic mass is 9.78. The van der Waals surface area contributed by atoms with Gasteiger partial charge in [0.15, 0.2) is 16.6 Å². The van der Waals surface area contributed by atoms with E-state index < -0.39 is 0 Å². The van der Waals surface area contributed by atoms with Crippen LogP contribution in [-0.2, 0) is 6.42 Å². The van der Waals surface area contributed by atoms with E-state index in [9.17, 15) is 4.79 Å². The zero-order valence-electron chi connectivity index (χ0n) is 9.82. The van der Waals surface area contributed by atoms with E-state index in [4.69, 9.17) is 4.42 Å². The first-order valence-corrected chi connectivity index (χ1v) is 6.44. The SMILES string of the molecule is CC1(C)CC(=O)c2sc(-c3ccco3)nc2C1. The van der Waals surface area contributed by atoms with Crippen molar-refractivity contribution in [3.63, 3.8) is 0 Å². The van der Waals surface area contributed by atoms with Crippen molar-refractivity contribution in [2.75, 3.05) is 0 Å². The molecule has 0 unspecified atom stereocenters. The highest BCUT2D eigenvalue weighted by Crippen LogP contribution is 2.39. The summed E-state index contributed by atoms with van der Waals surface area (Å²) in [5.41, 5.74) is 0.959. The second kappa shape index (κ2) is 3.53. The molecule has 0 bridgehead atoms. The second-order valence-corrected chi connectivity index (χ2v) is 6.21. The van der Waals surface area contributed by atoms with Crippen LogP contribution in [-0.4, -0.2) is 10.8 Å². The minimum Gasteiger partial charge on any atom is -0.462 e. The molecular formula is C13H13NO2S. The van der Waals surface area contributed by atoms with Gasteiger partial charge in [-0.1, -0.05) is 13.8 Å². The fourth-order valence-electron chi connectivity index (χ4n) is 2.23. The Balaban J connectivity index is 2.07. The molecule has 1 aliphatic carbocycles. The number of carbonyl (C=O) groups excluding carboxylic acids is 1. The van der Waals surface area contributed by atoms with Crippen molar-refractivity contribution in [2.24, 2.45) is 5.41 Å². The third-order valence-electron chi connectivity index (χ3n) is 2.97. The zero-order valence-corrected chi connectivity index (χ0v) is 10.6. The van der Waals surface area contributed by atoms with Crippen LogP contribution in [0.5, 0.6) is 0 Å². The first-order chi connectivity index (χ1) is 8.05. The Morgan fingerprint density at radius 3 is 2.94 bits per heavy atom. The summed E-state index contributed by atoms with van der Waals surface area (Å²) in [7, 11) is 0. The van der Waals surface area contributed by atoms with Gasteiger partial charge in [-0.2, -0.15) is 0 Å². The molecule has 4 heteroatoms. The topological polar surface area (TPSA) is 43.1 Å². The van der Waals surface area contributed by atoms with Gasteiger partial charge in [0, 0.05) is 6.42 Å². The molecule has 0 saturated carbocycles. The molecule has 0 fully saturated rings. The molecule has 0 spiro atoms. The van der Waals surface area contributed by atoms with Crippen LogP contribution in [0.2, 0.25) is 0 Å². The molecule has 88 valence electrons. The summed E-state index contributed by atoms with van der Waals surface area (Å²) in [4.78, 5) is 17.4. The van der Waals surface area contributed by atoms with Gasteiger partial charge in [0.1, 0.15) is 0 Å². The predicted molar refractivity (Wildman–Crippen MR) is 66.2 cm³/mol. The van der Waals surface area contributed by atoms with Crippen LogP contribution in [0.15, 0.2) is 22.8 Å². The van der Waals surface area contributed by atoms with E-state index in [2.05, 4.69) is 18.8 Å². The lowest BCUT2D eigenvalue weighted by molar-refractivity contribution is 0.0916. The predicted octanol–water partition coefficient (Wildman–Crippen LogP) is 3.56. The van der Waals surface area contributed by atoms with Gasteiger partial charge in [-0.25, -0.2) is 4.98 Å². The van der Waals surface area contributed by atoms with Crippen molar-refractivity contribution in [1.82, 2.24) is 4.98 Å². The number of nitrogens with zero attached hydrogens (tertiary/aromatic N) is 1. The first-order valence-electron chi connectivity index (χ1n) is 5.62. The lowest BCUT2D eigenvalue weighted by Gasteiger charge is -2.26. The van der Waals surface area contributed by atoms with Gasteiger partial charge in [-0.05, 0) is 24.0 Å². The summed E-state index contributed by atoms with van der Waals surface area (Å²) in [5, 5.41) is 0.811. The van der Waals surface area contributed by atoms with Gasteiger partial charge in [0.05, 0.1) is 16.8 Å². The second-order valence-electron chi connectivity index (χ2n) is 5.21. The summed E-state index contributed by atoms with van der Waals surface area (Å²) in [6, 6.07) is 3.71. The Bertz CT molecular complexity index is 566. The Hall–Kier alpha value is -1.42. The quantitative estimate of drug-likeness (QED) is 0.773. The van der Waals surface area contributed by atoms with E-state index >= 15 is 0 Å². The Labute approximate surface area is 103 Å². The number of fused-ring (bicyclic) bond motifs is 1. The maximum atomic E-state index is 12.0. The summed E-state index contributed by atoms with van der Waals surface area (Å²) in [5.74, 6) is 0.960. The lowest BCUT2D eigenvalue weighted by Crippen LogP contribution is -2.25. The highest BCUT2D eigenvalue weighted by Gasteiger charge is 2.34. The summed E-state index contributed by atoms with van der Waals surface area (Å²) < 4.78 is 5.32. The first kappa shape index (κ1) is 10.7. The van der Waals surface area contributed by atoms with Crippen LogP contribution in [0, 0.1) is 5.41 Å². The van der Waals surface area contributed by atoms with Crippen molar-refractivity contribution >= 4 is 17.1 Å². The van der Waals surface area contributed by atoms with Crippen molar-refractivity contribution < 1.29 is 9.21 Å².